The van der Waals surface area contributed by atoms with Crippen LogP contribution < -0.4 is 19.9 Å². The lowest BCUT2D eigenvalue weighted by atomic mass is 9.92. The summed E-state index contributed by atoms with van der Waals surface area (Å²) in [5, 5.41) is 18.0. The van der Waals surface area contributed by atoms with Gasteiger partial charge in [-0.1, -0.05) is 170 Å². The van der Waals surface area contributed by atoms with Gasteiger partial charge in [0, 0.05) is 0 Å². The third-order valence-corrected chi connectivity index (χ3v) is 13.0. The number of ether oxygens (including phenoxy) is 2. The van der Waals surface area contributed by atoms with Gasteiger partial charge in [0.05, 0.1) is 9.75 Å². The van der Waals surface area contributed by atoms with Gasteiger partial charge in [0.25, 0.3) is 0 Å². The quantitative estimate of drug-likeness (QED) is 0.132. The molecule has 0 spiro atoms. The van der Waals surface area contributed by atoms with Gasteiger partial charge in [0.15, 0.2) is 11.5 Å². The van der Waals surface area contributed by atoms with Crippen LogP contribution in [-0.4, -0.2) is 13.2 Å². The summed E-state index contributed by atoms with van der Waals surface area (Å²) in [6.45, 7) is 1.08. The van der Waals surface area contributed by atoms with Crippen molar-refractivity contribution in [3.05, 3.63) is 191 Å². The molecule has 12 rings (SSSR count). The average molecular weight is 747 g/mol. The van der Waals surface area contributed by atoms with Gasteiger partial charge in [-0.2, -0.15) is 0 Å². The van der Waals surface area contributed by atoms with Gasteiger partial charge in [-0.3, -0.25) is 0 Å². The minimum atomic E-state index is 0.538. The third-order valence-electron chi connectivity index (χ3n) is 11.8. The van der Waals surface area contributed by atoms with Gasteiger partial charge in [0.2, 0.25) is 0 Å². The molecular weight excluding hydrogens is 713 g/mol. The van der Waals surface area contributed by atoms with Gasteiger partial charge < -0.3 is 9.47 Å². The van der Waals surface area contributed by atoms with Crippen LogP contribution in [0.25, 0.3) is 97.7 Å². The first-order valence-electron chi connectivity index (χ1n) is 19.6. The maximum atomic E-state index is 6.35. The molecule has 11 aromatic rings. The Morgan fingerprint density at radius 2 is 0.719 bits per heavy atom. The first-order chi connectivity index (χ1) is 28.3. The summed E-state index contributed by atoms with van der Waals surface area (Å²) in [5.74, 6) is 1.68. The molecule has 0 saturated carbocycles. The van der Waals surface area contributed by atoms with E-state index in [1.807, 2.05) is 0 Å². The predicted molar refractivity (Wildman–Crippen MR) is 242 cm³/mol. The van der Waals surface area contributed by atoms with E-state index in [-0.39, 0.29) is 0 Å². The minimum Gasteiger partial charge on any atom is -0.485 e. The number of thiophene rings is 1. The van der Waals surface area contributed by atoms with Crippen molar-refractivity contribution < 1.29 is 9.47 Å². The van der Waals surface area contributed by atoms with E-state index in [1.165, 1.54) is 75.1 Å². The molecule has 0 N–H and O–H groups in total. The molecule has 0 amide bonds. The van der Waals surface area contributed by atoms with E-state index < -0.39 is 0 Å². The Morgan fingerprint density at radius 1 is 0.351 bits per heavy atom. The maximum Gasteiger partial charge on any atom is 0.180 e. The second-order valence-electron chi connectivity index (χ2n) is 15.0. The van der Waals surface area contributed by atoms with Gasteiger partial charge in [-0.25, -0.2) is 0 Å². The Balaban J connectivity index is 0.936. The Kier molecular flexibility index (Phi) is 7.26. The molecule has 1 aliphatic heterocycles. The number of hydrogen-bond acceptors (Lipinski definition) is 3. The highest BCUT2D eigenvalue weighted by Gasteiger charge is 2.26. The Hall–Kier alpha value is -6.94. The fraction of sp³-hybridized carbons (Fsp3) is 0.0370. The highest BCUT2D eigenvalue weighted by atomic mass is 32.1. The standard InChI is InChI=1S/C54H34O2S/c1-3-15-41-39(13-1)43-17-5-9-35-11-7-19-45(49(35)43)47(41)31-33-21-25-37(26-22-33)53-51-52(56-30-29-55-51)54(57-53)38-27-23-34(24-28-38)32-48-42-16-4-2-14-40(42)44-18-6-10-36-12-8-20-46(48)50(36)44/h1-28,31-32H,29-30H2/b47-31-,48-32+. The summed E-state index contributed by atoms with van der Waals surface area (Å²) in [4.78, 5) is 2.19. The maximum absolute atomic E-state index is 6.35. The smallest absolute Gasteiger partial charge is 0.180 e. The molecule has 0 radical (unpaired) electrons. The zero-order valence-corrected chi connectivity index (χ0v) is 31.8. The molecule has 0 unspecified atom stereocenters. The van der Waals surface area contributed by atoms with Crippen LogP contribution >= 0.6 is 11.3 Å². The molecule has 0 bridgehead atoms. The fourth-order valence-electron chi connectivity index (χ4n) is 9.21. The summed E-state index contributed by atoms with van der Waals surface area (Å²) >= 11 is 1.74. The molecule has 2 nitrogen and oxygen atoms in total. The van der Waals surface area contributed by atoms with E-state index in [1.54, 1.807) is 11.3 Å². The van der Waals surface area contributed by atoms with E-state index in [4.69, 9.17) is 9.47 Å². The van der Waals surface area contributed by atoms with E-state index in [0.29, 0.717) is 13.2 Å². The second-order valence-corrected chi connectivity index (χ2v) is 16.0. The Bertz CT molecular complexity index is 3260. The summed E-state index contributed by atoms with van der Waals surface area (Å²) in [7, 11) is 0. The first-order valence-corrected chi connectivity index (χ1v) is 20.4. The SMILES string of the molecule is C(/c1ccc(-c2sc(-c3ccc(/C=c4\c5ccccc5c5cccc6cccc4c65)cc3)c3c2OCCO3)cc1)=c1\c2ccccc2c2cccc3cccc1c32. The first kappa shape index (κ1) is 32.3. The molecule has 2 heterocycles. The highest BCUT2D eigenvalue weighted by Crippen LogP contribution is 2.53. The predicted octanol–water partition coefficient (Wildman–Crippen LogP) is 12.9. The van der Waals surface area contributed by atoms with Crippen LogP contribution in [0.3, 0.4) is 0 Å². The zero-order chi connectivity index (χ0) is 37.5. The summed E-state index contributed by atoms with van der Waals surface area (Å²) < 4.78 is 12.7. The number of benzene rings is 10. The van der Waals surface area contributed by atoms with Crippen molar-refractivity contribution in [2.75, 3.05) is 13.2 Å². The molecule has 10 aromatic carbocycles. The van der Waals surface area contributed by atoms with Crippen molar-refractivity contribution in [3.63, 3.8) is 0 Å². The van der Waals surface area contributed by atoms with Crippen LogP contribution in [-0.2, 0) is 0 Å². The number of hydrogen-bond donors (Lipinski definition) is 0. The molecule has 0 atom stereocenters. The van der Waals surface area contributed by atoms with E-state index in [2.05, 4.69) is 182 Å². The molecule has 1 aliphatic rings. The molecule has 3 heteroatoms. The van der Waals surface area contributed by atoms with Gasteiger partial charge in [-0.05, 0) is 109 Å². The van der Waals surface area contributed by atoms with E-state index >= 15 is 0 Å². The van der Waals surface area contributed by atoms with E-state index in [0.717, 1.165) is 43.5 Å². The monoisotopic (exact) mass is 746 g/mol. The van der Waals surface area contributed by atoms with Crippen molar-refractivity contribution in [2.24, 2.45) is 0 Å². The average Bonchev–Trinajstić information content (AvgIpc) is 3.67. The largest absolute Gasteiger partial charge is 0.485 e. The zero-order valence-electron chi connectivity index (χ0n) is 31.0. The molecule has 0 fully saturated rings. The van der Waals surface area contributed by atoms with E-state index in [9.17, 15) is 0 Å². The lowest BCUT2D eigenvalue weighted by Crippen LogP contribution is -2.14. The Labute approximate surface area is 333 Å². The highest BCUT2D eigenvalue weighted by molar-refractivity contribution is 7.19. The molecule has 0 aliphatic carbocycles. The summed E-state index contributed by atoms with van der Waals surface area (Å²) in [6, 6.07) is 61.9. The number of fused-ring (bicyclic) bond motifs is 5. The minimum absolute atomic E-state index is 0.538. The normalized spacial score (nSPS) is 13.6. The summed E-state index contributed by atoms with van der Waals surface area (Å²) in [6.07, 6.45) is 4.68. The number of rotatable bonds is 4. The Morgan fingerprint density at radius 3 is 1.14 bits per heavy atom. The van der Waals surface area contributed by atoms with Gasteiger partial charge in [0.1, 0.15) is 13.2 Å². The van der Waals surface area contributed by atoms with Crippen LogP contribution in [0.2, 0.25) is 0 Å². The van der Waals surface area contributed by atoms with Crippen molar-refractivity contribution in [1.29, 1.82) is 0 Å². The fourth-order valence-corrected chi connectivity index (χ4v) is 10.4. The molecule has 1 aromatic heterocycles. The van der Waals surface area contributed by atoms with Crippen LogP contribution in [0.15, 0.2) is 170 Å². The molecule has 268 valence electrons. The lowest BCUT2D eigenvalue weighted by molar-refractivity contribution is 0.175. The summed E-state index contributed by atoms with van der Waals surface area (Å²) in [5.41, 5.74) is 4.57. The second kappa shape index (κ2) is 12.8. The van der Waals surface area contributed by atoms with Crippen LogP contribution in [0.4, 0.5) is 0 Å². The van der Waals surface area contributed by atoms with Crippen LogP contribution in [0, 0.1) is 0 Å². The van der Waals surface area contributed by atoms with Gasteiger partial charge in [-0.15, -0.1) is 11.3 Å². The van der Waals surface area contributed by atoms with Crippen molar-refractivity contribution in [2.45, 2.75) is 0 Å². The van der Waals surface area contributed by atoms with Crippen molar-refractivity contribution in [3.8, 4) is 32.4 Å². The van der Waals surface area contributed by atoms with Gasteiger partial charge >= 0.3 is 0 Å². The molecular formula is C54H34O2S. The van der Waals surface area contributed by atoms with Crippen molar-refractivity contribution in [1.82, 2.24) is 0 Å². The molecule has 57 heavy (non-hydrogen) atoms. The topological polar surface area (TPSA) is 18.5 Å². The lowest BCUT2D eigenvalue weighted by Gasteiger charge is -2.17. The van der Waals surface area contributed by atoms with Crippen LogP contribution in [0.5, 0.6) is 11.5 Å². The van der Waals surface area contributed by atoms with Crippen molar-refractivity contribution >= 4 is 88.1 Å². The third kappa shape index (κ3) is 5.09. The van der Waals surface area contributed by atoms with Crippen LogP contribution in [0.1, 0.15) is 11.1 Å². The molecule has 0 saturated heterocycles.